The van der Waals surface area contributed by atoms with Gasteiger partial charge in [-0.05, 0) is 55.5 Å². The molecule has 30 heavy (non-hydrogen) atoms. The molecular formula is C24H27N5O. The zero-order valence-corrected chi connectivity index (χ0v) is 17.3. The van der Waals surface area contributed by atoms with Gasteiger partial charge in [0.25, 0.3) is 5.91 Å². The number of hydrogen-bond acceptors (Lipinski definition) is 4. The van der Waals surface area contributed by atoms with E-state index in [4.69, 9.17) is 5.73 Å². The van der Waals surface area contributed by atoms with Crippen LogP contribution in [0.5, 0.6) is 0 Å². The molecule has 6 heteroatoms. The number of hydrogen-bond donors (Lipinski definition) is 2. The van der Waals surface area contributed by atoms with E-state index in [0.29, 0.717) is 42.0 Å². The molecule has 6 nitrogen and oxygen atoms in total. The molecule has 0 atom stereocenters. The van der Waals surface area contributed by atoms with Gasteiger partial charge in [0.1, 0.15) is 17.5 Å². The number of nitrogens with two attached hydrogens (primary N) is 1. The van der Waals surface area contributed by atoms with Crippen molar-refractivity contribution in [1.29, 1.82) is 5.26 Å². The number of aromatic nitrogens is 2. The van der Waals surface area contributed by atoms with Crippen LogP contribution < -0.4 is 11.1 Å². The number of nitriles is 1. The lowest BCUT2D eigenvalue weighted by Gasteiger charge is -2.06. The number of benzene rings is 2. The van der Waals surface area contributed by atoms with Crippen LogP contribution in [0, 0.1) is 11.3 Å². The van der Waals surface area contributed by atoms with Gasteiger partial charge >= 0.3 is 0 Å². The van der Waals surface area contributed by atoms with Crippen molar-refractivity contribution in [3.8, 4) is 11.8 Å². The molecule has 0 radical (unpaired) electrons. The van der Waals surface area contributed by atoms with E-state index in [1.807, 2.05) is 54.6 Å². The average Bonchev–Trinajstić information content (AvgIpc) is 3.11. The lowest BCUT2D eigenvalue weighted by Crippen LogP contribution is -2.24. The lowest BCUT2D eigenvalue weighted by molar-refractivity contribution is 0.0953. The molecule has 0 spiro atoms. The van der Waals surface area contributed by atoms with Crippen molar-refractivity contribution in [2.24, 2.45) is 0 Å². The molecular weight excluding hydrogens is 374 g/mol. The summed E-state index contributed by atoms with van der Waals surface area (Å²) in [6.07, 6.45) is 4.58. The zero-order valence-electron chi connectivity index (χ0n) is 17.3. The number of unbranched alkanes of at least 4 members (excludes halogenated alkanes) is 1. The average molecular weight is 402 g/mol. The Kier molecular flexibility index (Phi) is 7.23. The Morgan fingerprint density at radius 2 is 1.83 bits per heavy atom. The number of carbonyl (C=O) groups is 1. The first kappa shape index (κ1) is 21.1. The van der Waals surface area contributed by atoms with Crippen LogP contribution in [0.4, 0.5) is 5.82 Å². The normalized spacial score (nSPS) is 10.5. The van der Waals surface area contributed by atoms with Crippen LogP contribution in [-0.2, 0) is 12.8 Å². The fraction of sp³-hybridized carbons (Fsp3) is 0.292. The maximum Gasteiger partial charge on any atom is 0.251 e. The largest absolute Gasteiger partial charge is 0.382 e. The predicted molar refractivity (Wildman–Crippen MR) is 118 cm³/mol. The fourth-order valence-corrected chi connectivity index (χ4v) is 3.30. The molecule has 154 valence electrons. The van der Waals surface area contributed by atoms with Gasteiger partial charge in [-0.1, -0.05) is 43.7 Å². The number of anilines is 1. The number of nitrogens with zero attached hydrogens (tertiary/aromatic N) is 3. The van der Waals surface area contributed by atoms with Crippen LogP contribution in [0.25, 0.3) is 5.69 Å². The first-order valence-corrected chi connectivity index (χ1v) is 10.3. The molecule has 0 fully saturated rings. The first-order chi connectivity index (χ1) is 14.6. The molecule has 1 aromatic heterocycles. The third kappa shape index (κ3) is 5.06. The van der Waals surface area contributed by atoms with Crippen molar-refractivity contribution in [2.75, 3.05) is 12.3 Å². The molecule has 3 rings (SSSR count). The summed E-state index contributed by atoms with van der Waals surface area (Å²) in [6, 6.07) is 19.4. The number of aryl methyl sites for hydroxylation is 2. The number of nitrogens with one attached hydrogen (secondary N) is 1. The Morgan fingerprint density at radius 1 is 1.10 bits per heavy atom. The fourth-order valence-electron chi connectivity index (χ4n) is 3.30. The van der Waals surface area contributed by atoms with Crippen LogP contribution in [-0.4, -0.2) is 22.2 Å². The minimum Gasteiger partial charge on any atom is -0.382 e. The van der Waals surface area contributed by atoms with Gasteiger partial charge in [0.15, 0.2) is 0 Å². The monoisotopic (exact) mass is 401 g/mol. The highest BCUT2D eigenvalue weighted by Gasteiger charge is 2.16. The lowest BCUT2D eigenvalue weighted by atomic mass is 10.1. The van der Waals surface area contributed by atoms with Crippen molar-refractivity contribution < 1.29 is 4.79 Å². The van der Waals surface area contributed by atoms with Gasteiger partial charge < -0.3 is 11.1 Å². The first-order valence-electron chi connectivity index (χ1n) is 10.3. The Balaban J connectivity index is 1.55. The van der Waals surface area contributed by atoms with Gasteiger partial charge in [-0.2, -0.15) is 10.4 Å². The second-order valence-corrected chi connectivity index (χ2v) is 7.23. The number of amides is 1. The van der Waals surface area contributed by atoms with Crippen molar-refractivity contribution in [3.05, 3.63) is 77.0 Å². The number of carbonyl (C=O) groups excluding carboxylic acids is 1. The maximum absolute atomic E-state index is 12.3. The summed E-state index contributed by atoms with van der Waals surface area (Å²) in [4.78, 5) is 12.3. The molecule has 1 heterocycles. The number of nitrogen functional groups attached to an aromatic ring is 1. The van der Waals surface area contributed by atoms with E-state index in [0.717, 1.165) is 24.9 Å². The van der Waals surface area contributed by atoms with Crippen molar-refractivity contribution in [2.45, 2.75) is 39.0 Å². The molecule has 0 aliphatic rings. The minimum atomic E-state index is -0.0909. The van der Waals surface area contributed by atoms with E-state index in [-0.39, 0.29) is 5.91 Å². The molecule has 2 aromatic carbocycles. The Bertz CT molecular complexity index is 1020. The van der Waals surface area contributed by atoms with E-state index < -0.39 is 0 Å². The Morgan fingerprint density at radius 3 is 2.50 bits per heavy atom. The van der Waals surface area contributed by atoms with Crippen molar-refractivity contribution >= 4 is 11.7 Å². The van der Waals surface area contributed by atoms with Crippen molar-refractivity contribution in [1.82, 2.24) is 15.1 Å². The van der Waals surface area contributed by atoms with Crippen LogP contribution in [0.3, 0.4) is 0 Å². The van der Waals surface area contributed by atoms with Crippen molar-refractivity contribution in [3.63, 3.8) is 0 Å². The number of rotatable bonds is 9. The summed E-state index contributed by atoms with van der Waals surface area (Å²) in [5.74, 6) is 0.248. The highest BCUT2D eigenvalue weighted by Crippen LogP contribution is 2.21. The van der Waals surface area contributed by atoms with E-state index in [1.165, 1.54) is 5.56 Å². The summed E-state index contributed by atoms with van der Waals surface area (Å²) < 4.78 is 1.59. The van der Waals surface area contributed by atoms with Gasteiger partial charge in [0.05, 0.1) is 11.4 Å². The topological polar surface area (TPSA) is 96.7 Å². The minimum absolute atomic E-state index is 0.0909. The highest BCUT2D eigenvalue weighted by molar-refractivity contribution is 5.94. The molecule has 0 saturated carbocycles. The molecule has 0 bridgehead atoms. The molecule has 1 amide bonds. The van der Waals surface area contributed by atoms with E-state index in [2.05, 4.69) is 23.4 Å². The summed E-state index contributed by atoms with van der Waals surface area (Å²) in [5.41, 5.74) is 9.89. The summed E-state index contributed by atoms with van der Waals surface area (Å²) in [7, 11) is 0. The van der Waals surface area contributed by atoms with Gasteiger partial charge in [-0.25, -0.2) is 4.68 Å². The third-order valence-electron chi connectivity index (χ3n) is 5.02. The summed E-state index contributed by atoms with van der Waals surface area (Å²) >= 11 is 0. The van der Waals surface area contributed by atoms with Gasteiger partial charge in [0, 0.05) is 12.1 Å². The molecule has 0 saturated heterocycles. The predicted octanol–water partition coefficient (Wildman–Crippen LogP) is 4.03. The molecule has 0 aliphatic heterocycles. The van der Waals surface area contributed by atoms with Crippen LogP contribution in [0.15, 0.2) is 54.6 Å². The molecule has 3 N–H and O–H groups in total. The highest BCUT2D eigenvalue weighted by atomic mass is 16.1. The molecule has 0 aliphatic carbocycles. The smallest absolute Gasteiger partial charge is 0.251 e. The van der Waals surface area contributed by atoms with Gasteiger partial charge in [0.2, 0.25) is 0 Å². The van der Waals surface area contributed by atoms with E-state index in [9.17, 15) is 10.1 Å². The quantitative estimate of drug-likeness (QED) is 0.529. The third-order valence-corrected chi connectivity index (χ3v) is 5.02. The molecule has 3 aromatic rings. The van der Waals surface area contributed by atoms with Crippen LogP contribution in [0.1, 0.15) is 53.4 Å². The standard InChI is InChI=1S/C24H27N5O/c1-2-3-8-18-12-14-19(15-13-18)24(30)27-16-7-11-22-21(17-25)23(26)29(28-22)20-9-5-4-6-10-20/h4-6,9-10,12-15H,2-3,7-8,11,16,26H2,1H3,(H,27,30). The SMILES string of the molecule is CCCCc1ccc(C(=O)NCCCc2nn(-c3ccccc3)c(N)c2C#N)cc1. The van der Waals surface area contributed by atoms with Gasteiger partial charge in [-0.3, -0.25) is 4.79 Å². The molecule has 0 unspecified atom stereocenters. The van der Waals surface area contributed by atoms with E-state index >= 15 is 0 Å². The second-order valence-electron chi connectivity index (χ2n) is 7.23. The van der Waals surface area contributed by atoms with Crippen LogP contribution >= 0.6 is 0 Å². The second kappa shape index (κ2) is 10.3. The summed E-state index contributed by atoms with van der Waals surface area (Å²) in [5, 5.41) is 16.9. The van der Waals surface area contributed by atoms with Crippen LogP contribution in [0.2, 0.25) is 0 Å². The maximum atomic E-state index is 12.3. The van der Waals surface area contributed by atoms with E-state index in [1.54, 1.807) is 4.68 Å². The summed E-state index contributed by atoms with van der Waals surface area (Å²) in [6.45, 7) is 2.67. The zero-order chi connectivity index (χ0) is 21.3. The van der Waals surface area contributed by atoms with Gasteiger partial charge in [-0.15, -0.1) is 0 Å². The Labute approximate surface area is 177 Å². The number of para-hydroxylation sites is 1. The Hall–Kier alpha value is -3.59.